The van der Waals surface area contributed by atoms with Crippen LogP contribution in [-0.2, 0) is 0 Å². The van der Waals surface area contributed by atoms with Crippen LogP contribution in [0.5, 0.6) is 0 Å². The number of amidine groups is 1. The average molecular weight is 231 g/mol. The Bertz CT molecular complexity index is 211. The molecule has 1 rings (SSSR count). The highest BCUT2D eigenvalue weighted by Gasteiger charge is 2.17. The van der Waals surface area contributed by atoms with Gasteiger partial charge in [0.25, 0.3) is 0 Å². The Morgan fingerprint density at radius 1 is 1.60 bits per heavy atom. The Kier molecular flexibility index (Phi) is 5.86. The van der Waals surface area contributed by atoms with Crippen molar-refractivity contribution in [1.82, 2.24) is 4.90 Å². The highest BCUT2D eigenvalue weighted by atomic mass is 32.2. The van der Waals surface area contributed by atoms with E-state index < -0.39 is 0 Å². The van der Waals surface area contributed by atoms with E-state index in [1.807, 2.05) is 11.8 Å². The van der Waals surface area contributed by atoms with Gasteiger partial charge in [-0.2, -0.15) is 11.8 Å². The molecule has 88 valence electrons. The molecule has 5 heteroatoms. The van der Waals surface area contributed by atoms with Gasteiger partial charge in [-0.3, -0.25) is 4.90 Å². The number of rotatable bonds is 5. The fourth-order valence-corrected chi connectivity index (χ4v) is 2.85. The van der Waals surface area contributed by atoms with Gasteiger partial charge in [0.05, 0.1) is 0 Å². The summed E-state index contributed by atoms with van der Waals surface area (Å²) in [7, 11) is 0. The molecule has 1 fully saturated rings. The third kappa shape index (κ3) is 4.75. The van der Waals surface area contributed by atoms with Gasteiger partial charge in [-0.1, -0.05) is 5.16 Å². The molecular formula is C10H21N3OS. The van der Waals surface area contributed by atoms with E-state index >= 15 is 0 Å². The van der Waals surface area contributed by atoms with E-state index in [4.69, 9.17) is 10.9 Å². The monoisotopic (exact) mass is 231 g/mol. The summed E-state index contributed by atoms with van der Waals surface area (Å²) in [4.78, 5) is 2.53. The standard InChI is InChI=1S/C10H21N3OS/c1-9-8-15-7-6-13(9)5-3-2-4-10(11)12-14/h9,14H,2-8H2,1H3,(H2,11,12). The van der Waals surface area contributed by atoms with E-state index in [-0.39, 0.29) is 0 Å². The highest BCUT2D eigenvalue weighted by Crippen LogP contribution is 2.16. The molecule has 0 aromatic heterocycles. The summed E-state index contributed by atoms with van der Waals surface area (Å²) in [5.41, 5.74) is 5.40. The van der Waals surface area contributed by atoms with Crippen LogP contribution in [0.4, 0.5) is 0 Å². The zero-order chi connectivity index (χ0) is 11.1. The van der Waals surface area contributed by atoms with Crippen molar-refractivity contribution in [3.8, 4) is 0 Å². The van der Waals surface area contributed by atoms with E-state index in [0.29, 0.717) is 18.3 Å². The third-order valence-corrected chi connectivity index (χ3v) is 3.95. The predicted molar refractivity (Wildman–Crippen MR) is 65.6 cm³/mol. The molecule has 3 N–H and O–H groups in total. The minimum Gasteiger partial charge on any atom is -0.409 e. The van der Waals surface area contributed by atoms with Gasteiger partial charge in [-0.05, 0) is 26.3 Å². The van der Waals surface area contributed by atoms with Gasteiger partial charge in [0.15, 0.2) is 0 Å². The Labute approximate surface area is 95.9 Å². The maximum Gasteiger partial charge on any atom is 0.139 e. The van der Waals surface area contributed by atoms with E-state index in [2.05, 4.69) is 17.0 Å². The van der Waals surface area contributed by atoms with Gasteiger partial charge < -0.3 is 10.9 Å². The van der Waals surface area contributed by atoms with E-state index in [1.54, 1.807) is 0 Å². The van der Waals surface area contributed by atoms with Crippen LogP contribution in [0.1, 0.15) is 26.2 Å². The fourth-order valence-electron chi connectivity index (χ4n) is 1.76. The van der Waals surface area contributed by atoms with Gasteiger partial charge in [0.2, 0.25) is 0 Å². The van der Waals surface area contributed by atoms with Crippen molar-refractivity contribution in [2.24, 2.45) is 10.9 Å². The SMILES string of the molecule is CC1CSCCN1CCCCC(N)=NO. The Hall–Kier alpha value is -0.420. The quantitative estimate of drug-likeness (QED) is 0.246. The summed E-state index contributed by atoms with van der Waals surface area (Å²) < 4.78 is 0. The molecule has 0 aliphatic carbocycles. The van der Waals surface area contributed by atoms with Crippen LogP contribution in [0.15, 0.2) is 5.16 Å². The number of hydrogen-bond donors (Lipinski definition) is 2. The highest BCUT2D eigenvalue weighted by molar-refractivity contribution is 7.99. The number of nitrogens with zero attached hydrogens (tertiary/aromatic N) is 2. The van der Waals surface area contributed by atoms with Gasteiger partial charge >= 0.3 is 0 Å². The van der Waals surface area contributed by atoms with Crippen LogP contribution < -0.4 is 5.73 Å². The molecular weight excluding hydrogens is 210 g/mol. The molecule has 1 heterocycles. The number of hydrogen-bond acceptors (Lipinski definition) is 4. The summed E-state index contributed by atoms with van der Waals surface area (Å²) in [6.45, 7) is 4.63. The zero-order valence-electron chi connectivity index (χ0n) is 9.35. The first kappa shape index (κ1) is 12.6. The summed E-state index contributed by atoms with van der Waals surface area (Å²) in [6.07, 6.45) is 2.84. The summed E-state index contributed by atoms with van der Waals surface area (Å²) in [6, 6.07) is 0.701. The average Bonchev–Trinajstić information content (AvgIpc) is 2.26. The first-order valence-corrected chi connectivity index (χ1v) is 6.67. The van der Waals surface area contributed by atoms with Crippen molar-refractivity contribution < 1.29 is 5.21 Å². The predicted octanol–water partition coefficient (Wildman–Crippen LogP) is 1.34. The van der Waals surface area contributed by atoms with Crippen LogP contribution in [-0.4, -0.2) is 46.6 Å². The van der Waals surface area contributed by atoms with Crippen molar-refractivity contribution in [2.45, 2.75) is 32.2 Å². The van der Waals surface area contributed by atoms with Crippen LogP contribution >= 0.6 is 11.8 Å². The van der Waals surface area contributed by atoms with E-state index in [9.17, 15) is 0 Å². The zero-order valence-corrected chi connectivity index (χ0v) is 10.2. The summed E-state index contributed by atoms with van der Waals surface area (Å²) >= 11 is 2.04. The molecule has 1 unspecified atom stereocenters. The van der Waals surface area contributed by atoms with E-state index in [1.165, 1.54) is 18.1 Å². The van der Waals surface area contributed by atoms with Crippen molar-refractivity contribution in [2.75, 3.05) is 24.6 Å². The molecule has 1 aliphatic heterocycles. The minimum absolute atomic E-state index is 0.345. The fraction of sp³-hybridized carbons (Fsp3) is 0.900. The second-order valence-corrected chi connectivity index (χ2v) is 5.16. The number of nitrogens with two attached hydrogens (primary N) is 1. The van der Waals surface area contributed by atoms with Crippen molar-refractivity contribution >= 4 is 17.6 Å². The van der Waals surface area contributed by atoms with Gasteiger partial charge in [0.1, 0.15) is 5.84 Å². The molecule has 1 atom stereocenters. The summed E-state index contributed by atoms with van der Waals surface area (Å²) in [5.74, 6) is 2.85. The maximum absolute atomic E-state index is 8.37. The topological polar surface area (TPSA) is 61.8 Å². The van der Waals surface area contributed by atoms with Crippen LogP contribution in [0, 0.1) is 0 Å². The van der Waals surface area contributed by atoms with Crippen LogP contribution in [0.2, 0.25) is 0 Å². The van der Waals surface area contributed by atoms with Crippen LogP contribution in [0.25, 0.3) is 0 Å². The van der Waals surface area contributed by atoms with Gasteiger partial charge in [0, 0.05) is 30.5 Å². The lowest BCUT2D eigenvalue weighted by atomic mass is 10.2. The van der Waals surface area contributed by atoms with Crippen molar-refractivity contribution in [1.29, 1.82) is 0 Å². The van der Waals surface area contributed by atoms with Crippen molar-refractivity contribution in [3.63, 3.8) is 0 Å². The first-order valence-electron chi connectivity index (χ1n) is 5.52. The first-order chi connectivity index (χ1) is 7.24. The van der Waals surface area contributed by atoms with Gasteiger partial charge in [-0.15, -0.1) is 0 Å². The largest absolute Gasteiger partial charge is 0.409 e. The normalized spacial score (nSPS) is 24.3. The summed E-state index contributed by atoms with van der Waals surface area (Å²) in [5, 5.41) is 11.3. The molecule has 0 bridgehead atoms. The smallest absolute Gasteiger partial charge is 0.139 e. The molecule has 1 aliphatic rings. The Balaban J connectivity index is 2.08. The number of thioether (sulfide) groups is 1. The molecule has 0 amide bonds. The molecule has 0 aromatic rings. The molecule has 0 spiro atoms. The van der Waals surface area contributed by atoms with Crippen LogP contribution in [0.3, 0.4) is 0 Å². The lowest BCUT2D eigenvalue weighted by Gasteiger charge is -2.32. The molecule has 0 aromatic carbocycles. The lowest BCUT2D eigenvalue weighted by molar-refractivity contribution is 0.228. The Morgan fingerprint density at radius 3 is 3.07 bits per heavy atom. The number of unbranched alkanes of at least 4 members (excludes halogenated alkanes) is 1. The van der Waals surface area contributed by atoms with E-state index in [0.717, 1.165) is 19.4 Å². The minimum atomic E-state index is 0.345. The molecule has 4 nitrogen and oxygen atoms in total. The number of oxime groups is 1. The van der Waals surface area contributed by atoms with Crippen molar-refractivity contribution in [3.05, 3.63) is 0 Å². The second kappa shape index (κ2) is 6.95. The molecule has 0 radical (unpaired) electrons. The maximum atomic E-state index is 8.37. The second-order valence-electron chi connectivity index (χ2n) is 4.01. The Morgan fingerprint density at radius 2 is 2.40 bits per heavy atom. The molecule has 1 saturated heterocycles. The molecule has 15 heavy (non-hydrogen) atoms. The third-order valence-electron chi connectivity index (χ3n) is 2.76. The van der Waals surface area contributed by atoms with Gasteiger partial charge in [-0.25, -0.2) is 0 Å². The molecule has 0 saturated carbocycles. The lowest BCUT2D eigenvalue weighted by Crippen LogP contribution is -2.40.